The molecule has 0 aliphatic carbocycles. The van der Waals surface area contributed by atoms with Crippen molar-refractivity contribution >= 4 is 34.2 Å². The van der Waals surface area contributed by atoms with Crippen LogP contribution >= 0.6 is 0 Å². The number of nitrogens with one attached hydrogen (secondary N) is 3. The van der Waals surface area contributed by atoms with Crippen LogP contribution in [-0.2, 0) is 20.8 Å². The molecule has 2 aromatic carbocycles. The van der Waals surface area contributed by atoms with E-state index in [4.69, 9.17) is 14.2 Å². The highest BCUT2D eigenvalue weighted by Crippen LogP contribution is 2.31. The second kappa shape index (κ2) is 16.8. The first-order valence-electron chi connectivity index (χ1n) is 16.4. The summed E-state index contributed by atoms with van der Waals surface area (Å²) in [7, 11) is 3.02. The van der Waals surface area contributed by atoms with Crippen molar-refractivity contribution in [2.75, 3.05) is 64.2 Å². The number of halogens is 3. The number of amides is 1. The summed E-state index contributed by atoms with van der Waals surface area (Å²) in [6, 6.07) is 12.1. The normalized spacial score (nSPS) is 14.2. The number of alkyl halides is 3. The topological polar surface area (TPSA) is 106 Å². The first-order valence-corrected chi connectivity index (χ1v) is 16.4. The maximum Gasteiger partial charge on any atom is 0.406 e. The Morgan fingerprint density at radius 3 is 2.45 bits per heavy atom. The van der Waals surface area contributed by atoms with Crippen LogP contribution in [0, 0.1) is 11.8 Å². The average molecular weight is 686 g/mol. The number of piperidine rings is 1. The van der Waals surface area contributed by atoms with E-state index in [1.807, 2.05) is 26.8 Å². The smallest absolute Gasteiger partial charge is 0.406 e. The third-order valence-electron chi connectivity index (χ3n) is 7.93. The Labute approximate surface area is 285 Å². The van der Waals surface area contributed by atoms with Crippen molar-refractivity contribution in [1.29, 1.82) is 0 Å². The van der Waals surface area contributed by atoms with Crippen molar-refractivity contribution in [3.05, 3.63) is 53.7 Å². The van der Waals surface area contributed by atoms with E-state index in [1.54, 1.807) is 36.4 Å². The van der Waals surface area contributed by atoms with Gasteiger partial charge in [0.1, 0.15) is 17.9 Å². The zero-order chi connectivity index (χ0) is 35.6. The molecule has 0 saturated carbocycles. The van der Waals surface area contributed by atoms with Crippen molar-refractivity contribution in [2.24, 2.45) is 0 Å². The van der Waals surface area contributed by atoms with Crippen LogP contribution in [-0.4, -0.2) is 92.7 Å². The van der Waals surface area contributed by atoms with Gasteiger partial charge in [-0.25, -0.2) is 0 Å². The van der Waals surface area contributed by atoms with E-state index in [0.29, 0.717) is 41.1 Å². The van der Waals surface area contributed by atoms with Crippen molar-refractivity contribution < 1.29 is 37.0 Å². The number of nitrogens with zero attached hydrogens (tertiary/aromatic N) is 2. The molecule has 1 aliphatic heterocycles. The van der Waals surface area contributed by atoms with Crippen molar-refractivity contribution in [3.8, 4) is 17.6 Å². The summed E-state index contributed by atoms with van der Waals surface area (Å²) in [5, 5.41) is 9.92. The molecule has 1 fully saturated rings. The summed E-state index contributed by atoms with van der Waals surface area (Å²) < 4.78 is 58.6. The van der Waals surface area contributed by atoms with Gasteiger partial charge in [0.15, 0.2) is 0 Å². The lowest BCUT2D eigenvalue weighted by Gasteiger charge is -2.33. The maximum absolute atomic E-state index is 13.7. The number of esters is 1. The lowest BCUT2D eigenvalue weighted by Crippen LogP contribution is -2.40. The van der Waals surface area contributed by atoms with Gasteiger partial charge < -0.3 is 39.6 Å². The highest BCUT2D eigenvalue weighted by Gasteiger charge is 2.30. The number of benzene rings is 2. The van der Waals surface area contributed by atoms with E-state index < -0.39 is 18.3 Å². The standard InChI is InChI=1S/C36H46F3N5O5/c1-35(2,3)49-33(45)15-20-48-21-19-43-17-13-26(14-18-43)42-29-9-6-10-31-28(29)23-27(44(31)24-36(37,38)39)8-7-16-41-30-12-11-25(34(46)40-4)22-32(30)47-5/h6,9-12,22-23,26,41-42H,13-21,24H2,1-5H3,(H,40,46). The number of fused-ring (bicyclic) bond motifs is 1. The number of rotatable bonds is 13. The first-order chi connectivity index (χ1) is 23.3. The number of hydrogen-bond acceptors (Lipinski definition) is 8. The molecular weight excluding hydrogens is 639 g/mol. The predicted molar refractivity (Wildman–Crippen MR) is 184 cm³/mol. The summed E-state index contributed by atoms with van der Waals surface area (Å²) in [4.78, 5) is 26.1. The molecule has 1 aromatic heterocycles. The van der Waals surface area contributed by atoms with Crippen LogP contribution in [0.4, 0.5) is 24.5 Å². The fourth-order valence-electron chi connectivity index (χ4n) is 5.63. The Kier molecular flexibility index (Phi) is 12.8. The largest absolute Gasteiger partial charge is 0.495 e. The molecule has 1 amide bonds. The quantitative estimate of drug-likeness (QED) is 0.120. The molecule has 0 spiro atoms. The maximum atomic E-state index is 13.7. The number of aromatic nitrogens is 1. The molecule has 49 heavy (non-hydrogen) atoms. The molecule has 0 radical (unpaired) electrons. The van der Waals surface area contributed by atoms with E-state index in [2.05, 4.69) is 32.7 Å². The molecule has 0 bridgehead atoms. The fraction of sp³-hybridized carbons (Fsp3) is 0.500. The van der Waals surface area contributed by atoms with Gasteiger partial charge in [-0.2, -0.15) is 13.2 Å². The van der Waals surface area contributed by atoms with Crippen LogP contribution in [0.5, 0.6) is 5.75 Å². The van der Waals surface area contributed by atoms with Crippen molar-refractivity contribution in [1.82, 2.24) is 14.8 Å². The van der Waals surface area contributed by atoms with Gasteiger partial charge in [0.05, 0.1) is 50.2 Å². The fourth-order valence-corrected chi connectivity index (χ4v) is 5.63. The predicted octanol–water partition coefficient (Wildman–Crippen LogP) is 5.66. The van der Waals surface area contributed by atoms with Gasteiger partial charge >= 0.3 is 12.1 Å². The monoisotopic (exact) mass is 685 g/mol. The zero-order valence-electron chi connectivity index (χ0n) is 28.8. The second-order valence-electron chi connectivity index (χ2n) is 12.8. The number of hydrogen-bond donors (Lipinski definition) is 3. The van der Waals surface area contributed by atoms with Crippen LogP contribution in [0.15, 0.2) is 42.5 Å². The summed E-state index contributed by atoms with van der Waals surface area (Å²) in [5.74, 6) is 5.78. The molecule has 3 aromatic rings. The molecule has 10 nitrogen and oxygen atoms in total. The Hall–Kier alpha value is -4.41. The molecule has 2 heterocycles. The lowest BCUT2D eigenvalue weighted by atomic mass is 10.0. The second-order valence-corrected chi connectivity index (χ2v) is 12.8. The molecule has 4 rings (SSSR count). The highest BCUT2D eigenvalue weighted by atomic mass is 19.4. The molecule has 3 N–H and O–H groups in total. The van der Waals surface area contributed by atoms with E-state index in [0.717, 1.165) is 38.2 Å². The molecule has 1 aliphatic rings. The summed E-state index contributed by atoms with van der Waals surface area (Å²) in [5.41, 5.74) is 2.00. The highest BCUT2D eigenvalue weighted by molar-refractivity contribution is 5.95. The molecule has 1 saturated heterocycles. The van der Waals surface area contributed by atoms with Gasteiger partial charge in [0.2, 0.25) is 0 Å². The van der Waals surface area contributed by atoms with Gasteiger partial charge in [0.25, 0.3) is 5.91 Å². The number of carbonyl (C=O) groups excluding carboxylic acids is 2. The van der Waals surface area contributed by atoms with Gasteiger partial charge in [-0.3, -0.25) is 9.59 Å². The molecule has 0 atom stereocenters. The van der Waals surface area contributed by atoms with Crippen LogP contribution in [0.3, 0.4) is 0 Å². The minimum Gasteiger partial charge on any atom is -0.495 e. The average Bonchev–Trinajstić information content (AvgIpc) is 3.38. The number of ether oxygens (including phenoxy) is 3. The Balaban J connectivity index is 1.37. The summed E-state index contributed by atoms with van der Waals surface area (Å²) >= 11 is 0. The molecular formula is C36H46F3N5O5. The third-order valence-corrected chi connectivity index (χ3v) is 7.93. The van der Waals surface area contributed by atoms with Crippen molar-refractivity contribution in [3.63, 3.8) is 0 Å². The van der Waals surface area contributed by atoms with Crippen LogP contribution in [0.25, 0.3) is 10.9 Å². The van der Waals surface area contributed by atoms with Gasteiger partial charge in [-0.05, 0) is 75.9 Å². The Bertz CT molecular complexity index is 1650. The van der Waals surface area contributed by atoms with E-state index in [-0.39, 0.29) is 36.6 Å². The van der Waals surface area contributed by atoms with E-state index >= 15 is 0 Å². The lowest BCUT2D eigenvalue weighted by molar-refractivity contribution is -0.156. The Morgan fingerprint density at radius 1 is 1.02 bits per heavy atom. The van der Waals surface area contributed by atoms with Crippen LogP contribution in [0.2, 0.25) is 0 Å². The zero-order valence-corrected chi connectivity index (χ0v) is 28.8. The van der Waals surface area contributed by atoms with Gasteiger partial charge in [-0.1, -0.05) is 12.0 Å². The minimum absolute atomic E-state index is 0.141. The molecule has 0 unspecified atom stereocenters. The van der Waals surface area contributed by atoms with E-state index in [1.165, 1.54) is 18.7 Å². The van der Waals surface area contributed by atoms with Crippen LogP contribution in [0.1, 0.15) is 56.1 Å². The van der Waals surface area contributed by atoms with E-state index in [9.17, 15) is 22.8 Å². The number of anilines is 2. The summed E-state index contributed by atoms with van der Waals surface area (Å²) in [6.45, 7) is 7.76. The van der Waals surface area contributed by atoms with Gasteiger partial charge in [0, 0.05) is 49.4 Å². The summed E-state index contributed by atoms with van der Waals surface area (Å²) in [6.07, 6.45) is -2.49. The Morgan fingerprint density at radius 2 is 1.78 bits per heavy atom. The SMILES string of the molecule is CNC(=O)c1ccc(NCC#Cc2cc3c(NC4CCN(CCOCCC(=O)OC(C)(C)C)CC4)cccc3n2CC(F)(F)F)c(OC)c1. The third kappa shape index (κ3) is 11.3. The molecule has 13 heteroatoms. The van der Waals surface area contributed by atoms with Gasteiger partial charge in [-0.15, -0.1) is 0 Å². The number of methoxy groups -OCH3 is 1. The first kappa shape index (κ1) is 37.4. The molecule has 266 valence electrons. The number of carbonyl (C=O) groups is 2. The van der Waals surface area contributed by atoms with Crippen LogP contribution < -0.4 is 20.7 Å². The minimum atomic E-state index is -4.43. The number of likely N-dealkylation sites (tertiary alicyclic amines) is 1. The van der Waals surface area contributed by atoms with Crippen molar-refractivity contribution in [2.45, 2.75) is 64.4 Å².